The van der Waals surface area contributed by atoms with Crippen LogP contribution in [-0.2, 0) is 20.7 Å². The molecule has 2 aliphatic rings. The number of amides is 1. The fraction of sp³-hybridized carbons (Fsp3) is 0.652. The van der Waals surface area contributed by atoms with Gasteiger partial charge in [0.2, 0.25) is 5.91 Å². The lowest BCUT2D eigenvalue weighted by Gasteiger charge is -2.29. The molecule has 0 radical (unpaired) electrons. The predicted octanol–water partition coefficient (Wildman–Crippen LogP) is 2.97. The van der Waals surface area contributed by atoms with Gasteiger partial charge in [0.15, 0.2) is 5.96 Å². The quantitative estimate of drug-likeness (QED) is 0.217. The van der Waals surface area contributed by atoms with Gasteiger partial charge in [-0.3, -0.25) is 4.79 Å². The Kier molecular flexibility index (Phi) is 12.2. The van der Waals surface area contributed by atoms with Crippen molar-refractivity contribution >= 4 is 41.5 Å². The number of guanidine groups is 1. The molecule has 1 fully saturated rings. The first-order valence-electron chi connectivity index (χ1n) is 11.3. The van der Waals surface area contributed by atoms with Crippen molar-refractivity contribution in [3.63, 3.8) is 0 Å². The molecule has 0 unspecified atom stereocenters. The number of carbonyl (C=O) groups excluding carboxylic acids is 1. The van der Waals surface area contributed by atoms with Crippen LogP contribution in [-0.4, -0.2) is 64.5 Å². The SMILES string of the molecule is CCNC(=NCC(=O)N1CCCc2ccccc21)NCCCOCC1CCOCC1.I. The van der Waals surface area contributed by atoms with Crippen LogP contribution in [0.1, 0.15) is 38.2 Å². The number of aryl methyl sites for hydroxylation is 1. The Morgan fingerprint density at radius 2 is 2.06 bits per heavy atom. The van der Waals surface area contributed by atoms with E-state index in [-0.39, 0.29) is 36.4 Å². The Morgan fingerprint density at radius 1 is 1.26 bits per heavy atom. The Bertz CT molecular complexity index is 695. The van der Waals surface area contributed by atoms with Crippen LogP contribution in [0.25, 0.3) is 0 Å². The van der Waals surface area contributed by atoms with Gasteiger partial charge in [0.25, 0.3) is 0 Å². The van der Waals surface area contributed by atoms with E-state index in [9.17, 15) is 4.79 Å². The van der Waals surface area contributed by atoms with Crippen molar-refractivity contribution in [2.24, 2.45) is 10.9 Å². The number of fused-ring (bicyclic) bond motifs is 1. The van der Waals surface area contributed by atoms with E-state index >= 15 is 0 Å². The third-order valence-corrected chi connectivity index (χ3v) is 5.58. The van der Waals surface area contributed by atoms with Crippen LogP contribution >= 0.6 is 24.0 Å². The molecule has 0 atom stereocenters. The zero-order valence-electron chi connectivity index (χ0n) is 18.6. The highest BCUT2D eigenvalue weighted by Crippen LogP contribution is 2.26. The molecule has 7 nitrogen and oxygen atoms in total. The van der Waals surface area contributed by atoms with Crippen molar-refractivity contribution in [3.8, 4) is 0 Å². The minimum absolute atomic E-state index is 0. The van der Waals surface area contributed by atoms with Gasteiger partial charge in [-0.05, 0) is 56.6 Å². The highest BCUT2D eigenvalue weighted by atomic mass is 127. The van der Waals surface area contributed by atoms with E-state index in [1.165, 1.54) is 5.56 Å². The van der Waals surface area contributed by atoms with Crippen LogP contribution in [0.15, 0.2) is 29.3 Å². The zero-order chi connectivity index (χ0) is 21.0. The van der Waals surface area contributed by atoms with Gasteiger partial charge in [-0.15, -0.1) is 24.0 Å². The summed E-state index contributed by atoms with van der Waals surface area (Å²) >= 11 is 0. The topological polar surface area (TPSA) is 75.2 Å². The van der Waals surface area contributed by atoms with E-state index in [1.807, 2.05) is 30.0 Å². The lowest BCUT2D eigenvalue weighted by Crippen LogP contribution is -2.41. The molecule has 2 aliphatic heterocycles. The summed E-state index contributed by atoms with van der Waals surface area (Å²) in [5.41, 5.74) is 2.27. The molecular formula is C23H37IN4O3. The third-order valence-electron chi connectivity index (χ3n) is 5.58. The first-order chi connectivity index (χ1) is 14.8. The number of hydrogen-bond acceptors (Lipinski definition) is 4. The molecule has 2 N–H and O–H groups in total. The Hall–Kier alpha value is -1.39. The molecule has 3 rings (SSSR count). The van der Waals surface area contributed by atoms with Crippen molar-refractivity contribution in [1.29, 1.82) is 0 Å². The van der Waals surface area contributed by atoms with E-state index in [1.54, 1.807) is 0 Å². The van der Waals surface area contributed by atoms with E-state index in [4.69, 9.17) is 9.47 Å². The van der Waals surface area contributed by atoms with Gasteiger partial charge in [-0.1, -0.05) is 18.2 Å². The largest absolute Gasteiger partial charge is 0.381 e. The number of benzene rings is 1. The number of nitrogens with one attached hydrogen (secondary N) is 2. The van der Waals surface area contributed by atoms with Crippen LogP contribution in [0.3, 0.4) is 0 Å². The zero-order valence-corrected chi connectivity index (χ0v) is 20.9. The second kappa shape index (κ2) is 14.6. The molecule has 8 heteroatoms. The minimum Gasteiger partial charge on any atom is -0.381 e. The van der Waals surface area contributed by atoms with Crippen molar-refractivity contribution in [2.45, 2.75) is 39.0 Å². The maximum Gasteiger partial charge on any atom is 0.248 e. The molecule has 1 aromatic rings. The van der Waals surface area contributed by atoms with Crippen LogP contribution in [0.2, 0.25) is 0 Å². The highest BCUT2D eigenvalue weighted by Gasteiger charge is 2.21. The van der Waals surface area contributed by atoms with Crippen molar-refractivity contribution < 1.29 is 14.3 Å². The number of para-hydroxylation sites is 1. The summed E-state index contributed by atoms with van der Waals surface area (Å²) in [6, 6.07) is 8.16. The smallest absolute Gasteiger partial charge is 0.248 e. The fourth-order valence-corrected chi connectivity index (χ4v) is 3.91. The molecule has 0 aliphatic carbocycles. The predicted molar refractivity (Wildman–Crippen MR) is 135 cm³/mol. The average molecular weight is 544 g/mol. The first kappa shape index (κ1) is 25.9. The molecular weight excluding hydrogens is 507 g/mol. The maximum absolute atomic E-state index is 12.8. The summed E-state index contributed by atoms with van der Waals surface area (Å²) in [4.78, 5) is 19.1. The van der Waals surface area contributed by atoms with Crippen molar-refractivity contribution in [2.75, 3.05) is 57.5 Å². The van der Waals surface area contributed by atoms with Gasteiger partial charge in [-0.25, -0.2) is 4.99 Å². The molecule has 0 saturated carbocycles. The summed E-state index contributed by atoms with van der Waals surface area (Å²) in [6.07, 6.45) is 5.14. The summed E-state index contributed by atoms with van der Waals surface area (Å²) in [6.45, 7) is 7.73. The van der Waals surface area contributed by atoms with Gasteiger partial charge in [-0.2, -0.15) is 0 Å². The van der Waals surface area contributed by atoms with Crippen molar-refractivity contribution in [1.82, 2.24) is 10.6 Å². The van der Waals surface area contributed by atoms with Gasteiger partial charge < -0.3 is 25.0 Å². The third kappa shape index (κ3) is 8.57. The average Bonchev–Trinajstić information content (AvgIpc) is 2.79. The number of ether oxygens (including phenoxy) is 2. The van der Waals surface area contributed by atoms with E-state index in [0.717, 1.165) is 83.9 Å². The lowest BCUT2D eigenvalue weighted by atomic mass is 10.0. The highest BCUT2D eigenvalue weighted by molar-refractivity contribution is 14.0. The van der Waals surface area contributed by atoms with Crippen LogP contribution in [0.4, 0.5) is 5.69 Å². The van der Waals surface area contributed by atoms with Crippen LogP contribution < -0.4 is 15.5 Å². The van der Waals surface area contributed by atoms with Crippen LogP contribution in [0.5, 0.6) is 0 Å². The Balaban J connectivity index is 0.00000341. The van der Waals surface area contributed by atoms with Crippen molar-refractivity contribution in [3.05, 3.63) is 29.8 Å². The van der Waals surface area contributed by atoms with E-state index in [0.29, 0.717) is 11.9 Å². The lowest BCUT2D eigenvalue weighted by molar-refractivity contribution is -0.117. The minimum atomic E-state index is 0. The number of anilines is 1. The number of carbonyl (C=O) groups is 1. The standard InChI is InChI=1S/C23H36N4O3.HI/c1-2-24-23(25-12-6-14-30-18-19-10-15-29-16-11-19)26-17-22(28)27-13-5-8-20-7-3-4-9-21(20)27;/h3-4,7,9,19H,2,5-6,8,10-18H2,1H3,(H2,24,25,26);1H. The normalized spacial score (nSPS) is 16.9. The molecule has 174 valence electrons. The Morgan fingerprint density at radius 3 is 2.87 bits per heavy atom. The molecule has 1 aromatic carbocycles. The summed E-state index contributed by atoms with van der Waals surface area (Å²) < 4.78 is 11.2. The molecule has 1 amide bonds. The Labute approximate surface area is 203 Å². The van der Waals surface area contributed by atoms with Gasteiger partial charge in [0, 0.05) is 51.7 Å². The number of rotatable bonds is 9. The molecule has 31 heavy (non-hydrogen) atoms. The van der Waals surface area contributed by atoms with E-state index < -0.39 is 0 Å². The summed E-state index contributed by atoms with van der Waals surface area (Å²) in [5.74, 6) is 1.36. The second-order valence-electron chi connectivity index (χ2n) is 7.88. The maximum atomic E-state index is 12.8. The number of halogens is 1. The fourth-order valence-electron chi connectivity index (χ4n) is 3.91. The molecule has 0 bridgehead atoms. The monoisotopic (exact) mass is 544 g/mol. The van der Waals surface area contributed by atoms with Gasteiger partial charge >= 0.3 is 0 Å². The second-order valence-corrected chi connectivity index (χ2v) is 7.88. The van der Waals surface area contributed by atoms with Crippen LogP contribution in [0, 0.1) is 5.92 Å². The number of hydrogen-bond donors (Lipinski definition) is 2. The summed E-state index contributed by atoms with van der Waals surface area (Å²) in [5, 5.41) is 6.52. The van der Waals surface area contributed by atoms with Gasteiger partial charge in [0.1, 0.15) is 6.54 Å². The summed E-state index contributed by atoms with van der Waals surface area (Å²) in [7, 11) is 0. The number of nitrogens with zero attached hydrogens (tertiary/aromatic N) is 2. The molecule has 2 heterocycles. The van der Waals surface area contributed by atoms with Gasteiger partial charge in [0.05, 0.1) is 0 Å². The molecule has 1 saturated heterocycles. The molecule has 0 aromatic heterocycles. The van der Waals surface area contributed by atoms with E-state index in [2.05, 4.69) is 21.7 Å². The number of aliphatic imine (C=N–C) groups is 1. The molecule has 0 spiro atoms. The first-order valence-corrected chi connectivity index (χ1v) is 11.3.